The van der Waals surface area contributed by atoms with E-state index in [0.717, 1.165) is 24.1 Å². The molecule has 1 aliphatic carbocycles. The van der Waals surface area contributed by atoms with E-state index in [1.807, 2.05) is 39.0 Å². The predicted molar refractivity (Wildman–Crippen MR) is 72.4 cm³/mol. The highest BCUT2D eigenvalue weighted by atomic mass is 16.5. The number of aryl methyl sites for hydroxylation is 1. The summed E-state index contributed by atoms with van der Waals surface area (Å²) in [5.74, 6) is 1.53. The minimum absolute atomic E-state index is 0.751. The van der Waals surface area contributed by atoms with E-state index in [4.69, 9.17) is 4.74 Å². The van der Waals surface area contributed by atoms with E-state index in [2.05, 4.69) is 4.98 Å². The lowest BCUT2D eigenvalue weighted by Gasteiger charge is -2.21. The predicted octanol–water partition coefficient (Wildman–Crippen LogP) is 4.38. The van der Waals surface area contributed by atoms with Crippen LogP contribution >= 0.6 is 0 Å². The first-order valence-electron chi connectivity index (χ1n) is 6.91. The Morgan fingerprint density at radius 2 is 1.88 bits per heavy atom. The largest absolute Gasteiger partial charge is 0.477 e. The monoisotopic (exact) mass is 235 g/mol. The van der Waals surface area contributed by atoms with E-state index >= 15 is 0 Å². The lowest BCUT2D eigenvalue weighted by atomic mass is 9.90. The molecule has 1 saturated carbocycles. The quantitative estimate of drug-likeness (QED) is 0.776. The molecule has 0 unspecified atom stereocenters. The molecule has 0 N–H and O–H groups in total. The number of hydrogen-bond acceptors (Lipinski definition) is 2. The van der Waals surface area contributed by atoms with Crippen molar-refractivity contribution in [2.45, 2.75) is 52.9 Å². The van der Waals surface area contributed by atoms with E-state index in [-0.39, 0.29) is 0 Å². The minimum Gasteiger partial charge on any atom is -0.477 e. The fourth-order valence-electron chi connectivity index (χ4n) is 2.16. The van der Waals surface area contributed by atoms with Crippen LogP contribution in [0, 0.1) is 12.8 Å². The summed E-state index contributed by atoms with van der Waals surface area (Å²) in [4.78, 5) is 4.34. The first-order chi connectivity index (χ1) is 8.34. The van der Waals surface area contributed by atoms with Crippen molar-refractivity contribution in [1.29, 1.82) is 0 Å². The van der Waals surface area contributed by atoms with Gasteiger partial charge in [0.15, 0.2) is 0 Å². The lowest BCUT2D eigenvalue weighted by Crippen LogP contribution is -2.15. The molecule has 96 valence electrons. The maximum Gasteiger partial charge on any atom is 0.213 e. The SMILES string of the molecule is CC.Cc1cccc(OCC2CCCCC2)n1. The third-order valence-electron chi connectivity index (χ3n) is 3.05. The van der Waals surface area contributed by atoms with Crippen LogP contribution in [0.25, 0.3) is 0 Å². The van der Waals surface area contributed by atoms with Gasteiger partial charge in [0.25, 0.3) is 0 Å². The molecule has 0 bridgehead atoms. The van der Waals surface area contributed by atoms with Crippen LogP contribution in [0.2, 0.25) is 0 Å². The summed E-state index contributed by atoms with van der Waals surface area (Å²) in [6, 6.07) is 5.93. The van der Waals surface area contributed by atoms with Crippen LogP contribution in [0.1, 0.15) is 51.6 Å². The van der Waals surface area contributed by atoms with Gasteiger partial charge in [0.05, 0.1) is 6.61 Å². The van der Waals surface area contributed by atoms with E-state index in [0.29, 0.717) is 0 Å². The first-order valence-corrected chi connectivity index (χ1v) is 6.91. The zero-order valence-electron chi connectivity index (χ0n) is 11.4. The first kappa shape index (κ1) is 14.0. The molecule has 0 spiro atoms. The Morgan fingerprint density at radius 1 is 1.18 bits per heavy atom. The molecule has 0 saturated heterocycles. The molecule has 0 atom stereocenters. The Bertz CT molecular complexity index is 306. The molecule has 2 rings (SSSR count). The molecule has 0 aliphatic heterocycles. The van der Waals surface area contributed by atoms with Crippen LogP contribution in [0.5, 0.6) is 5.88 Å². The van der Waals surface area contributed by atoms with Crippen molar-refractivity contribution in [3.8, 4) is 5.88 Å². The molecule has 1 aromatic heterocycles. The normalized spacial score (nSPS) is 15.9. The summed E-state index contributed by atoms with van der Waals surface area (Å²) in [6.07, 6.45) is 6.79. The molecule has 2 nitrogen and oxygen atoms in total. The van der Waals surface area contributed by atoms with E-state index < -0.39 is 0 Å². The molecule has 1 aromatic rings. The standard InChI is InChI=1S/C13H19NO.C2H6/c1-11-6-5-9-13(14-11)15-10-12-7-3-2-4-8-12;1-2/h5-6,9,12H,2-4,7-8,10H2,1H3;1-2H3. The van der Waals surface area contributed by atoms with E-state index in [1.165, 1.54) is 32.1 Å². The number of pyridine rings is 1. The zero-order chi connectivity index (χ0) is 12.5. The average Bonchev–Trinajstić information content (AvgIpc) is 2.40. The Kier molecular flexibility index (Phi) is 6.68. The van der Waals surface area contributed by atoms with Crippen molar-refractivity contribution in [2.75, 3.05) is 6.61 Å². The summed E-state index contributed by atoms with van der Waals surface area (Å²) in [7, 11) is 0. The van der Waals surface area contributed by atoms with Crippen LogP contribution in [0.3, 0.4) is 0 Å². The molecule has 2 heteroatoms. The third kappa shape index (κ3) is 5.20. The van der Waals surface area contributed by atoms with Gasteiger partial charge in [-0.1, -0.05) is 39.2 Å². The maximum atomic E-state index is 5.72. The topological polar surface area (TPSA) is 22.1 Å². The molecular formula is C15H25NO. The second kappa shape index (κ2) is 8.10. The summed E-state index contributed by atoms with van der Waals surface area (Å²) < 4.78 is 5.72. The second-order valence-corrected chi connectivity index (χ2v) is 4.43. The number of rotatable bonds is 3. The summed E-state index contributed by atoms with van der Waals surface area (Å²) in [5.41, 5.74) is 1.02. The maximum absolute atomic E-state index is 5.72. The Balaban J connectivity index is 0.000000686. The average molecular weight is 235 g/mol. The van der Waals surface area contributed by atoms with Gasteiger partial charge in [0.1, 0.15) is 0 Å². The fraction of sp³-hybridized carbons (Fsp3) is 0.667. The number of aromatic nitrogens is 1. The van der Waals surface area contributed by atoms with Gasteiger partial charge in [0.2, 0.25) is 5.88 Å². The fourth-order valence-corrected chi connectivity index (χ4v) is 2.16. The lowest BCUT2D eigenvalue weighted by molar-refractivity contribution is 0.202. The van der Waals surface area contributed by atoms with Gasteiger partial charge in [-0.2, -0.15) is 0 Å². The van der Waals surface area contributed by atoms with Gasteiger partial charge >= 0.3 is 0 Å². The van der Waals surface area contributed by atoms with Crippen molar-refractivity contribution in [2.24, 2.45) is 5.92 Å². The van der Waals surface area contributed by atoms with Crippen LogP contribution in [0.4, 0.5) is 0 Å². The summed E-state index contributed by atoms with van der Waals surface area (Å²) in [6.45, 7) is 6.84. The van der Waals surface area contributed by atoms with Gasteiger partial charge in [0, 0.05) is 11.8 Å². The number of ether oxygens (including phenoxy) is 1. The minimum atomic E-state index is 0.751. The second-order valence-electron chi connectivity index (χ2n) is 4.43. The van der Waals surface area contributed by atoms with Crippen molar-refractivity contribution < 1.29 is 4.74 Å². The molecule has 17 heavy (non-hydrogen) atoms. The van der Waals surface area contributed by atoms with Gasteiger partial charge < -0.3 is 4.74 Å². The van der Waals surface area contributed by atoms with Gasteiger partial charge in [-0.15, -0.1) is 0 Å². The van der Waals surface area contributed by atoms with Crippen LogP contribution in [-0.2, 0) is 0 Å². The molecule has 0 radical (unpaired) electrons. The highest BCUT2D eigenvalue weighted by molar-refractivity contribution is 5.14. The van der Waals surface area contributed by atoms with E-state index in [9.17, 15) is 0 Å². The van der Waals surface area contributed by atoms with Crippen LogP contribution in [-0.4, -0.2) is 11.6 Å². The van der Waals surface area contributed by atoms with Crippen molar-refractivity contribution in [1.82, 2.24) is 4.98 Å². The third-order valence-corrected chi connectivity index (χ3v) is 3.05. The molecular weight excluding hydrogens is 210 g/mol. The van der Waals surface area contributed by atoms with E-state index in [1.54, 1.807) is 0 Å². The van der Waals surface area contributed by atoms with Crippen molar-refractivity contribution >= 4 is 0 Å². The van der Waals surface area contributed by atoms with Crippen molar-refractivity contribution in [3.05, 3.63) is 23.9 Å². The highest BCUT2D eigenvalue weighted by Gasteiger charge is 2.13. The molecule has 1 fully saturated rings. The summed E-state index contributed by atoms with van der Waals surface area (Å²) >= 11 is 0. The zero-order valence-corrected chi connectivity index (χ0v) is 11.4. The van der Waals surface area contributed by atoms with Gasteiger partial charge in [-0.05, 0) is 31.7 Å². The Labute approximate surface area is 105 Å². The number of nitrogens with zero attached hydrogens (tertiary/aromatic N) is 1. The van der Waals surface area contributed by atoms with Gasteiger partial charge in [-0.3, -0.25) is 0 Å². The summed E-state index contributed by atoms with van der Waals surface area (Å²) in [5, 5.41) is 0. The van der Waals surface area contributed by atoms with Crippen molar-refractivity contribution in [3.63, 3.8) is 0 Å². The smallest absolute Gasteiger partial charge is 0.213 e. The molecule has 0 amide bonds. The molecule has 1 heterocycles. The van der Waals surface area contributed by atoms with Crippen LogP contribution < -0.4 is 4.74 Å². The molecule has 0 aromatic carbocycles. The number of hydrogen-bond donors (Lipinski definition) is 0. The van der Waals surface area contributed by atoms with Crippen LogP contribution in [0.15, 0.2) is 18.2 Å². The van der Waals surface area contributed by atoms with Gasteiger partial charge in [-0.25, -0.2) is 4.98 Å². The Hall–Kier alpha value is -1.05. The highest BCUT2D eigenvalue weighted by Crippen LogP contribution is 2.24. The Morgan fingerprint density at radius 3 is 2.53 bits per heavy atom. The molecule has 1 aliphatic rings.